The van der Waals surface area contributed by atoms with E-state index >= 15 is 0 Å². The number of hydrogen-bond donors (Lipinski definition) is 1. The third-order valence-electron chi connectivity index (χ3n) is 6.38. The Labute approximate surface area is 172 Å². The van der Waals surface area contributed by atoms with Crippen molar-refractivity contribution in [3.8, 4) is 12.1 Å². The van der Waals surface area contributed by atoms with Crippen molar-refractivity contribution >= 4 is 0 Å². The van der Waals surface area contributed by atoms with Crippen molar-refractivity contribution in [2.24, 2.45) is 5.92 Å². The molecule has 3 atom stereocenters. The molecule has 0 aromatic rings. The molecule has 0 amide bonds. The lowest BCUT2D eigenvalue weighted by molar-refractivity contribution is 0.0350. The predicted molar refractivity (Wildman–Crippen MR) is 111 cm³/mol. The van der Waals surface area contributed by atoms with Crippen LogP contribution >= 0.6 is 0 Å². The number of fused-ring (bicyclic) bond motifs is 1. The van der Waals surface area contributed by atoms with Crippen LogP contribution in [0.2, 0.25) is 0 Å². The normalized spacial score (nSPS) is 29.6. The zero-order valence-electron chi connectivity index (χ0n) is 16.8. The minimum absolute atomic E-state index is 0.0604. The van der Waals surface area contributed by atoms with E-state index in [0.717, 1.165) is 51.1 Å². The second-order valence-electron chi connectivity index (χ2n) is 7.96. The SMILES string of the molecule is COC1C=C(C#N)C=CC1N1CCN(CCC2=CNC3=CC=C(C#N)CC23)CC1. The van der Waals surface area contributed by atoms with Crippen LogP contribution in [0.15, 0.2) is 59.0 Å². The highest BCUT2D eigenvalue weighted by Gasteiger charge is 2.31. The van der Waals surface area contributed by atoms with Gasteiger partial charge in [-0.1, -0.05) is 6.08 Å². The van der Waals surface area contributed by atoms with Crippen LogP contribution in [0.3, 0.4) is 0 Å². The molecule has 6 nitrogen and oxygen atoms in total. The monoisotopic (exact) mass is 389 g/mol. The van der Waals surface area contributed by atoms with Crippen molar-refractivity contribution in [2.45, 2.75) is 25.0 Å². The number of piperazine rings is 1. The molecular formula is C23H27N5O. The van der Waals surface area contributed by atoms with Gasteiger partial charge in [-0.3, -0.25) is 4.90 Å². The second kappa shape index (κ2) is 8.80. The zero-order valence-corrected chi connectivity index (χ0v) is 16.8. The minimum atomic E-state index is -0.0604. The largest absolute Gasteiger partial charge is 0.375 e. The lowest BCUT2D eigenvalue weighted by atomic mass is 9.86. The summed E-state index contributed by atoms with van der Waals surface area (Å²) < 4.78 is 5.62. The first-order valence-corrected chi connectivity index (χ1v) is 10.3. The predicted octanol–water partition coefficient (Wildman–Crippen LogP) is 2.24. The molecule has 0 saturated carbocycles. The van der Waals surface area contributed by atoms with E-state index in [-0.39, 0.29) is 12.1 Å². The van der Waals surface area contributed by atoms with E-state index in [1.807, 2.05) is 24.3 Å². The summed E-state index contributed by atoms with van der Waals surface area (Å²) in [4.78, 5) is 4.97. The smallest absolute Gasteiger partial charge is 0.0989 e. The third-order valence-corrected chi connectivity index (χ3v) is 6.38. The summed E-state index contributed by atoms with van der Waals surface area (Å²) in [6, 6.07) is 4.70. The lowest BCUT2D eigenvalue weighted by Crippen LogP contribution is -2.53. The van der Waals surface area contributed by atoms with Gasteiger partial charge in [-0.05, 0) is 42.7 Å². The lowest BCUT2D eigenvalue weighted by Gasteiger charge is -2.41. The van der Waals surface area contributed by atoms with Crippen LogP contribution in [-0.2, 0) is 4.74 Å². The summed E-state index contributed by atoms with van der Waals surface area (Å²) in [7, 11) is 1.71. The van der Waals surface area contributed by atoms with Crippen molar-refractivity contribution in [1.29, 1.82) is 10.5 Å². The van der Waals surface area contributed by atoms with Crippen molar-refractivity contribution in [1.82, 2.24) is 15.1 Å². The average molecular weight is 390 g/mol. The van der Waals surface area contributed by atoms with E-state index in [0.29, 0.717) is 11.5 Å². The highest BCUT2D eigenvalue weighted by Crippen LogP contribution is 2.35. The molecule has 1 N–H and O–H groups in total. The zero-order chi connectivity index (χ0) is 20.2. The van der Waals surface area contributed by atoms with Crippen molar-refractivity contribution in [3.05, 3.63) is 59.0 Å². The Morgan fingerprint density at radius 3 is 2.72 bits per heavy atom. The number of nitrogens with one attached hydrogen (secondary N) is 1. The number of nitriles is 2. The average Bonchev–Trinajstić information content (AvgIpc) is 3.19. The van der Waals surface area contributed by atoms with Gasteiger partial charge in [0.05, 0.1) is 29.9 Å². The number of hydrogen-bond acceptors (Lipinski definition) is 6. The van der Waals surface area contributed by atoms with Gasteiger partial charge in [-0.2, -0.15) is 10.5 Å². The molecular weight excluding hydrogens is 362 g/mol. The Balaban J connectivity index is 1.26. The van der Waals surface area contributed by atoms with E-state index < -0.39 is 0 Å². The van der Waals surface area contributed by atoms with Gasteiger partial charge < -0.3 is 15.0 Å². The molecule has 2 heterocycles. The van der Waals surface area contributed by atoms with Gasteiger partial charge in [0, 0.05) is 63.2 Å². The van der Waals surface area contributed by atoms with E-state index in [1.165, 1.54) is 11.3 Å². The Kier molecular flexibility index (Phi) is 5.97. The maximum atomic E-state index is 9.20. The number of allylic oxidation sites excluding steroid dienone is 6. The quantitative estimate of drug-likeness (QED) is 0.777. The maximum Gasteiger partial charge on any atom is 0.0989 e. The molecule has 2 aliphatic carbocycles. The molecule has 0 bridgehead atoms. The van der Waals surface area contributed by atoms with Crippen LogP contribution in [0.4, 0.5) is 0 Å². The van der Waals surface area contributed by atoms with E-state index in [9.17, 15) is 5.26 Å². The number of ether oxygens (including phenoxy) is 1. The summed E-state index contributed by atoms with van der Waals surface area (Å²) in [6.07, 6.45) is 13.8. The molecule has 0 radical (unpaired) electrons. The summed E-state index contributed by atoms with van der Waals surface area (Å²) >= 11 is 0. The molecule has 3 unspecified atom stereocenters. The van der Waals surface area contributed by atoms with E-state index in [2.05, 4.69) is 39.5 Å². The summed E-state index contributed by atoms with van der Waals surface area (Å²) in [5.41, 5.74) is 4.17. The Bertz CT molecular complexity index is 874. The van der Waals surface area contributed by atoms with Gasteiger partial charge in [0.2, 0.25) is 0 Å². The molecule has 4 aliphatic rings. The van der Waals surface area contributed by atoms with E-state index in [1.54, 1.807) is 7.11 Å². The minimum Gasteiger partial charge on any atom is -0.375 e. The fraction of sp³-hybridized carbons (Fsp3) is 0.478. The van der Waals surface area contributed by atoms with Crippen molar-refractivity contribution in [2.75, 3.05) is 39.8 Å². The second-order valence-corrected chi connectivity index (χ2v) is 7.96. The Morgan fingerprint density at radius 1 is 1.17 bits per heavy atom. The number of nitrogens with zero attached hydrogens (tertiary/aromatic N) is 4. The molecule has 29 heavy (non-hydrogen) atoms. The highest BCUT2D eigenvalue weighted by atomic mass is 16.5. The summed E-state index contributed by atoms with van der Waals surface area (Å²) in [5.74, 6) is 0.354. The first kappa shape index (κ1) is 19.7. The molecule has 1 fully saturated rings. The number of methoxy groups -OCH3 is 1. The molecule has 150 valence electrons. The third kappa shape index (κ3) is 4.21. The summed E-state index contributed by atoms with van der Waals surface area (Å²) in [5, 5.41) is 21.7. The van der Waals surface area contributed by atoms with Gasteiger partial charge in [0.1, 0.15) is 0 Å². The van der Waals surface area contributed by atoms with Crippen LogP contribution < -0.4 is 5.32 Å². The van der Waals surface area contributed by atoms with Crippen LogP contribution in [-0.4, -0.2) is 61.8 Å². The van der Waals surface area contributed by atoms with Crippen molar-refractivity contribution < 1.29 is 4.74 Å². The fourth-order valence-corrected chi connectivity index (χ4v) is 4.62. The molecule has 2 aliphatic heterocycles. The topological polar surface area (TPSA) is 75.3 Å². The Hall–Kier alpha value is -2.64. The maximum absolute atomic E-state index is 9.20. The Morgan fingerprint density at radius 2 is 2.00 bits per heavy atom. The summed E-state index contributed by atoms with van der Waals surface area (Å²) in [6.45, 7) is 5.11. The molecule has 0 aromatic carbocycles. The van der Waals surface area contributed by atoms with Gasteiger partial charge >= 0.3 is 0 Å². The van der Waals surface area contributed by atoms with E-state index in [4.69, 9.17) is 10.00 Å². The van der Waals surface area contributed by atoms with Crippen LogP contribution in [0, 0.1) is 28.6 Å². The molecule has 0 spiro atoms. The van der Waals surface area contributed by atoms with Gasteiger partial charge in [-0.25, -0.2) is 0 Å². The van der Waals surface area contributed by atoms with Gasteiger partial charge in [0.25, 0.3) is 0 Å². The first-order chi connectivity index (χ1) is 14.2. The molecule has 6 heteroatoms. The first-order valence-electron chi connectivity index (χ1n) is 10.3. The highest BCUT2D eigenvalue weighted by molar-refractivity contribution is 5.41. The fourth-order valence-electron chi connectivity index (χ4n) is 4.62. The van der Waals surface area contributed by atoms with Crippen molar-refractivity contribution in [3.63, 3.8) is 0 Å². The van der Waals surface area contributed by atoms with Crippen LogP contribution in [0.5, 0.6) is 0 Å². The van der Waals surface area contributed by atoms with Crippen LogP contribution in [0.1, 0.15) is 12.8 Å². The van der Waals surface area contributed by atoms with Gasteiger partial charge in [-0.15, -0.1) is 0 Å². The van der Waals surface area contributed by atoms with Gasteiger partial charge in [0.15, 0.2) is 0 Å². The standard InChI is InChI=1S/C23H27N5O/c1-29-23-13-18(15-25)3-5-22(23)28-10-8-27(9-11-28)7-6-19-16-26-21-4-2-17(14-24)12-20(19)21/h2-5,13,16,20,22-23,26H,6-12H2,1H3. The van der Waals surface area contributed by atoms with Crippen LogP contribution in [0.25, 0.3) is 0 Å². The number of rotatable bonds is 5. The molecule has 4 rings (SSSR count). The molecule has 0 aromatic heterocycles. The molecule has 1 saturated heterocycles.